The molecule has 0 aromatic heterocycles. The highest BCUT2D eigenvalue weighted by atomic mass is 16.2. The number of likely N-dealkylation sites (tertiary alicyclic amines) is 2. The van der Waals surface area contributed by atoms with Gasteiger partial charge in [0, 0.05) is 19.4 Å². The van der Waals surface area contributed by atoms with Crippen molar-refractivity contribution in [3.05, 3.63) is 35.9 Å². The molecule has 0 N–H and O–H groups in total. The van der Waals surface area contributed by atoms with Crippen LogP contribution in [-0.2, 0) is 9.59 Å². The minimum absolute atomic E-state index is 0.107. The third-order valence-electron chi connectivity index (χ3n) is 6.95. The highest BCUT2D eigenvalue weighted by Crippen LogP contribution is 2.43. The van der Waals surface area contributed by atoms with Crippen LogP contribution in [0.3, 0.4) is 0 Å². The number of benzene rings is 1. The van der Waals surface area contributed by atoms with Gasteiger partial charge in [-0.25, -0.2) is 0 Å². The topological polar surface area (TPSA) is 40.6 Å². The van der Waals surface area contributed by atoms with Gasteiger partial charge in [-0.2, -0.15) is 0 Å². The van der Waals surface area contributed by atoms with Crippen molar-refractivity contribution < 1.29 is 9.59 Å². The molecule has 0 radical (unpaired) electrons. The summed E-state index contributed by atoms with van der Waals surface area (Å²) >= 11 is 0. The minimum Gasteiger partial charge on any atom is -0.338 e. The molecule has 2 saturated heterocycles. The molecule has 0 bridgehead atoms. The molecule has 3 aliphatic rings. The van der Waals surface area contributed by atoms with E-state index in [1.807, 2.05) is 6.07 Å². The number of hydrogen-bond acceptors (Lipinski definition) is 2. The Bertz CT molecular complexity index is 668. The zero-order valence-electron chi connectivity index (χ0n) is 16.5. The first-order chi connectivity index (χ1) is 13.2. The SMILES string of the molecule is CC(=O)N1CCCC[C@H]2[C@H]1C[C@@H](c1ccccc1)N2C(=O)C1CCCCC1. The smallest absolute Gasteiger partial charge is 0.226 e. The van der Waals surface area contributed by atoms with Gasteiger partial charge < -0.3 is 9.80 Å². The second kappa shape index (κ2) is 8.04. The van der Waals surface area contributed by atoms with Crippen molar-refractivity contribution in [2.45, 2.75) is 82.8 Å². The second-order valence-electron chi connectivity index (χ2n) is 8.59. The predicted octanol–water partition coefficient (Wildman–Crippen LogP) is 4.31. The number of carbonyl (C=O) groups excluding carboxylic acids is 2. The second-order valence-corrected chi connectivity index (χ2v) is 8.59. The monoisotopic (exact) mass is 368 g/mol. The molecule has 4 nitrogen and oxygen atoms in total. The van der Waals surface area contributed by atoms with Crippen LogP contribution in [0, 0.1) is 5.92 Å². The molecule has 27 heavy (non-hydrogen) atoms. The number of nitrogens with zero attached hydrogens (tertiary/aromatic N) is 2. The molecular weight excluding hydrogens is 336 g/mol. The van der Waals surface area contributed by atoms with Gasteiger partial charge in [0.15, 0.2) is 0 Å². The van der Waals surface area contributed by atoms with Gasteiger partial charge in [0.1, 0.15) is 0 Å². The van der Waals surface area contributed by atoms with Crippen LogP contribution < -0.4 is 0 Å². The van der Waals surface area contributed by atoms with E-state index in [1.54, 1.807) is 6.92 Å². The summed E-state index contributed by atoms with van der Waals surface area (Å²) in [5.41, 5.74) is 1.22. The number of fused-ring (bicyclic) bond motifs is 1. The minimum atomic E-state index is 0.107. The molecule has 1 aromatic rings. The van der Waals surface area contributed by atoms with E-state index in [-0.39, 0.29) is 30.0 Å². The first kappa shape index (κ1) is 18.5. The van der Waals surface area contributed by atoms with Crippen LogP contribution >= 0.6 is 0 Å². The molecule has 2 amide bonds. The van der Waals surface area contributed by atoms with Crippen LogP contribution in [0.25, 0.3) is 0 Å². The van der Waals surface area contributed by atoms with Gasteiger partial charge in [-0.05, 0) is 44.1 Å². The maximum Gasteiger partial charge on any atom is 0.226 e. The van der Waals surface area contributed by atoms with E-state index in [0.717, 1.165) is 45.1 Å². The fourth-order valence-electron chi connectivity index (χ4n) is 5.62. The fourth-order valence-corrected chi connectivity index (χ4v) is 5.62. The lowest BCUT2D eigenvalue weighted by atomic mass is 9.87. The molecule has 3 atom stereocenters. The Morgan fingerprint density at radius 1 is 0.889 bits per heavy atom. The van der Waals surface area contributed by atoms with E-state index in [1.165, 1.54) is 24.8 Å². The zero-order valence-corrected chi connectivity index (χ0v) is 16.5. The summed E-state index contributed by atoms with van der Waals surface area (Å²) in [5.74, 6) is 0.685. The molecule has 1 aliphatic carbocycles. The predicted molar refractivity (Wildman–Crippen MR) is 106 cm³/mol. The first-order valence-electron chi connectivity index (χ1n) is 10.8. The molecule has 4 heteroatoms. The molecule has 2 aliphatic heterocycles. The van der Waals surface area contributed by atoms with E-state index in [0.29, 0.717) is 5.91 Å². The first-order valence-corrected chi connectivity index (χ1v) is 10.8. The Hall–Kier alpha value is -1.84. The van der Waals surface area contributed by atoms with E-state index in [4.69, 9.17) is 0 Å². The van der Waals surface area contributed by atoms with Crippen LogP contribution in [0.4, 0.5) is 0 Å². The summed E-state index contributed by atoms with van der Waals surface area (Å²) in [6.07, 6.45) is 9.73. The molecule has 0 unspecified atom stereocenters. The van der Waals surface area contributed by atoms with Gasteiger partial charge in [0.05, 0.1) is 18.1 Å². The van der Waals surface area contributed by atoms with Crippen molar-refractivity contribution in [1.82, 2.24) is 9.80 Å². The Balaban J connectivity index is 1.68. The third-order valence-corrected chi connectivity index (χ3v) is 6.95. The lowest BCUT2D eigenvalue weighted by Crippen LogP contribution is -2.49. The van der Waals surface area contributed by atoms with Gasteiger partial charge in [-0.1, -0.05) is 49.6 Å². The molecular formula is C23H32N2O2. The largest absolute Gasteiger partial charge is 0.338 e. The van der Waals surface area contributed by atoms with Gasteiger partial charge >= 0.3 is 0 Å². The average Bonchev–Trinajstić information content (AvgIpc) is 2.94. The summed E-state index contributed by atoms with van der Waals surface area (Å²) in [6, 6.07) is 10.9. The van der Waals surface area contributed by atoms with Crippen LogP contribution in [0.5, 0.6) is 0 Å². The van der Waals surface area contributed by atoms with Gasteiger partial charge in [-0.15, -0.1) is 0 Å². The van der Waals surface area contributed by atoms with Crippen molar-refractivity contribution in [1.29, 1.82) is 0 Å². The molecule has 1 saturated carbocycles. The van der Waals surface area contributed by atoms with E-state index < -0.39 is 0 Å². The molecule has 0 spiro atoms. The Kier molecular flexibility index (Phi) is 5.51. The van der Waals surface area contributed by atoms with Crippen LogP contribution in [0.15, 0.2) is 30.3 Å². The Morgan fingerprint density at radius 3 is 2.30 bits per heavy atom. The maximum absolute atomic E-state index is 13.7. The molecule has 3 fully saturated rings. The molecule has 2 heterocycles. The summed E-state index contributed by atoms with van der Waals surface area (Å²) in [6.45, 7) is 2.52. The van der Waals surface area contributed by atoms with Crippen LogP contribution in [0.2, 0.25) is 0 Å². The lowest BCUT2D eigenvalue weighted by Gasteiger charge is -2.36. The van der Waals surface area contributed by atoms with Crippen molar-refractivity contribution in [3.63, 3.8) is 0 Å². The molecule has 146 valence electrons. The van der Waals surface area contributed by atoms with Crippen LogP contribution in [0.1, 0.15) is 76.3 Å². The maximum atomic E-state index is 13.7. The number of carbonyl (C=O) groups is 2. The van der Waals surface area contributed by atoms with Crippen LogP contribution in [-0.4, -0.2) is 40.2 Å². The van der Waals surface area contributed by atoms with E-state index >= 15 is 0 Å². The summed E-state index contributed by atoms with van der Waals surface area (Å²) in [4.78, 5) is 30.3. The quantitative estimate of drug-likeness (QED) is 0.780. The van der Waals surface area contributed by atoms with Crippen molar-refractivity contribution in [2.24, 2.45) is 5.92 Å². The lowest BCUT2D eigenvalue weighted by molar-refractivity contribution is -0.141. The Morgan fingerprint density at radius 2 is 1.59 bits per heavy atom. The average molecular weight is 369 g/mol. The summed E-state index contributed by atoms with van der Waals surface area (Å²) < 4.78 is 0. The number of amides is 2. The van der Waals surface area contributed by atoms with E-state index in [2.05, 4.69) is 34.1 Å². The summed E-state index contributed by atoms with van der Waals surface area (Å²) in [5, 5.41) is 0. The fraction of sp³-hybridized carbons (Fsp3) is 0.652. The highest BCUT2D eigenvalue weighted by Gasteiger charge is 2.48. The van der Waals surface area contributed by atoms with Crippen molar-refractivity contribution in [3.8, 4) is 0 Å². The zero-order chi connectivity index (χ0) is 18.8. The standard InChI is InChI=1S/C23H32N2O2/c1-17(26)24-15-9-8-14-20-22(24)16-21(18-10-4-2-5-11-18)25(20)23(27)19-12-6-3-7-13-19/h2,4-5,10-11,19-22H,3,6-9,12-16H2,1H3/t20-,21-,22+/m0/s1. The number of hydrogen-bond donors (Lipinski definition) is 0. The van der Waals surface area contributed by atoms with Crippen molar-refractivity contribution >= 4 is 11.8 Å². The Labute approximate surface area is 162 Å². The van der Waals surface area contributed by atoms with Gasteiger partial charge in [0.2, 0.25) is 11.8 Å². The normalized spacial score (nSPS) is 29.3. The number of rotatable bonds is 2. The van der Waals surface area contributed by atoms with Crippen molar-refractivity contribution in [2.75, 3.05) is 6.54 Å². The van der Waals surface area contributed by atoms with E-state index in [9.17, 15) is 9.59 Å². The van der Waals surface area contributed by atoms with Gasteiger partial charge in [0.25, 0.3) is 0 Å². The van der Waals surface area contributed by atoms with Gasteiger partial charge in [-0.3, -0.25) is 9.59 Å². The molecule has 1 aromatic carbocycles. The third kappa shape index (κ3) is 3.63. The highest BCUT2D eigenvalue weighted by molar-refractivity contribution is 5.81. The molecule has 4 rings (SSSR count). The summed E-state index contributed by atoms with van der Waals surface area (Å²) in [7, 11) is 0.